The number of aliphatic hydroxyl groups is 1. The second kappa shape index (κ2) is 8.04. The molecule has 0 aromatic heterocycles. The average molecular weight is 400 g/mol. The summed E-state index contributed by atoms with van der Waals surface area (Å²) in [6, 6.07) is 16.9. The van der Waals surface area contributed by atoms with E-state index in [1.165, 1.54) is 0 Å². The van der Waals surface area contributed by atoms with Crippen LogP contribution in [0.3, 0.4) is 0 Å². The number of ether oxygens (including phenoxy) is 1. The molecule has 1 fully saturated rings. The molecule has 1 saturated heterocycles. The van der Waals surface area contributed by atoms with E-state index in [1.807, 2.05) is 42.5 Å². The topological polar surface area (TPSA) is 87.4 Å². The fourth-order valence-corrected chi connectivity index (χ4v) is 4.92. The van der Waals surface area contributed by atoms with Crippen molar-refractivity contribution in [3.63, 3.8) is 0 Å². The van der Waals surface area contributed by atoms with Gasteiger partial charge in [0, 0.05) is 18.9 Å². The highest BCUT2D eigenvalue weighted by Crippen LogP contribution is 2.38. The molecule has 148 valence electrons. The monoisotopic (exact) mass is 399 g/mol. The minimum Gasteiger partial charge on any atom is -0.385 e. The van der Waals surface area contributed by atoms with E-state index in [0.717, 1.165) is 11.1 Å². The van der Waals surface area contributed by atoms with Crippen molar-refractivity contribution in [3.8, 4) is 17.2 Å². The van der Waals surface area contributed by atoms with E-state index >= 15 is 0 Å². The molecule has 28 heavy (non-hydrogen) atoms. The lowest BCUT2D eigenvalue weighted by atomic mass is 9.78. The maximum absolute atomic E-state index is 12.4. The summed E-state index contributed by atoms with van der Waals surface area (Å²) in [4.78, 5) is 0. The van der Waals surface area contributed by atoms with Crippen molar-refractivity contribution in [1.29, 1.82) is 5.26 Å². The number of hydrogen-bond donors (Lipinski definition) is 1. The molecule has 1 N–H and O–H groups in total. The Morgan fingerprint density at radius 3 is 2.54 bits per heavy atom. The van der Waals surface area contributed by atoms with Crippen molar-refractivity contribution < 1.29 is 18.3 Å². The Hall–Kier alpha value is -2.20. The van der Waals surface area contributed by atoms with Crippen molar-refractivity contribution in [3.05, 3.63) is 59.7 Å². The van der Waals surface area contributed by atoms with Crippen LogP contribution < -0.4 is 0 Å². The molecule has 1 heterocycles. The van der Waals surface area contributed by atoms with Crippen LogP contribution in [0.25, 0.3) is 11.1 Å². The molecule has 1 aliphatic rings. The first-order chi connectivity index (χ1) is 13.3. The predicted octanol–water partition coefficient (Wildman–Crippen LogP) is 3.27. The Labute approximate surface area is 166 Å². The standard InChI is InChI=1S/C22H25NO4S/c1-16(2)28(25,26)15-20-14-27-12-11-22(20,24)19-9-7-17(8-10-19)21-6-4-3-5-18(21)13-23/h3-10,16,20,24H,11-12,14-15H2,1-2H3/t20-,22-/m1/s1. The van der Waals surface area contributed by atoms with Gasteiger partial charge in [0.15, 0.2) is 9.84 Å². The fourth-order valence-electron chi connectivity index (χ4n) is 3.60. The number of sulfone groups is 1. The normalized spacial score (nSPS) is 22.8. The van der Waals surface area contributed by atoms with Crippen LogP contribution in [0.5, 0.6) is 0 Å². The Balaban J connectivity index is 1.93. The number of benzene rings is 2. The van der Waals surface area contributed by atoms with Crippen LogP contribution in [0.15, 0.2) is 48.5 Å². The van der Waals surface area contributed by atoms with E-state index < -0.39 is 26.6 Å². The number of hydrogen-bond acceptors (Lipinski definition) is 5. The second-order valence-electron chi connectivity index (χ2n) is 7.56. The van der Waals surface area contributed by atoms with Crippen LogP contribution in [-0.4, -0.2) is 37.7 Å². The van der Waals surface area contributed by atoms with Gasteiger partial charge < -0.3 is 9.84 Å². The first-order valence-electron chi connectivity index (χ1n) is 9.39. The van der Waals surface area contributed by atoms with Crippen LogP contribution in [0, 0.1) is 17.2 Å². The second-order valence-corrected chi connectivity index (χ2v) is 10.2. The molecule has 0 bridgehead atoms. The van der Waals surface area contributed by atoms with Crippen LogP contribution in [0.2, 0.25) is 0 Å². The molecule has 0 radical (unpaired) electrons. The SMILES string of the molecule is CC(C)S(=O)(=O)C[C@H]1COCC[C@@]1(O)c1ccc(-c2ccccc2C#N)cc1. The summed E-state index contributed by atoms with van der Waals surface area (Å²) in [6.07, 6.45) is 0.347. The van der Waals surface area contributed by atoms with Gasteiger partial charge in [0.1, 0.15) is 0 Å². The lowest BCUT2D eigenvalue weighted by Crippen LogP contribution is -2.46. The lowest BCUT2D eigenvalue weighted by molar-refractivity contribution is -0.110. The quantitative estimate of drug-likeness (QED) is 0.834. The van der Waals surface area contributed by atoms with Crippen molar-refractivity contribution in [2.45, 2.75) is 31.1 Å². The Kier molecular flexibility index (Phi) is 5.90. The lowest BCUT2D eigenvalue weighted by Gasteiger charge is -2.40. The highest BCUT2D eigenvalue weighted by atomic mass is 32.2. The zero-order chi connectivity index (χ0) is 20.4. The van der Waals surface area contributed by atoms with Crippen LogP contribution in [0.4, 0.5) is 0 Å². The largest absolute Gasteiger partial charge is 0.385 e. The van der Waals surface area contributed by atoms with Gasteiger partial charge in [-0.05, 0) is 36.6 Å². The molecule has 2 aromatic carbocycles. The summed E-state index contributed by atoms with van der Waals surface area (Å²) in [5.74, 6) is -0.633. The van der Waals surface area contributed by atoms with Gasteiger partial charge in [0.2, 0.25) is 0 Å². The van der Waals surface area contributed by atoms with Crippen LogP contribution in [0.1, 0.15) is 31.4 Å². The number of nitrogens with zero attached hydrogens (tertiary/aromatic N) is 1. The van der Waals surface area contributed by atoms with Gasteiger partial charge in [0.05, 0.1) is 34.8 Å². The van der Waals surface area contributed by atoms with Crippen molar-refractivity contribution in [2.24, 2.45) is 5.92 Å². The molecular weight excluding hydrogens is 374 g/mol. The molecule has 0 amide bonds. The van der Waals surface area contributed by atoms with Gasteiger partial charge in [-0.3, -0.25) is 0 Å². The van der Waals surface area contributed by atoms with Crippen molar-refractivity contribution >= 4 is 9.84 Å². The Bertz CT molecular complexity index is 976. The molecule has 0 unspecified atom stereocenters. The third-order valence-corrected chi connectivity index (χ3v) is 7.82. The van der Waals surface area contributed by atoms with Crippen molar-refractivity contribution in [2.75, 3.05) is 19.0 Å². The summed E-state index contributed by atoms with van der Waals surface area (Å²) in [5.41, 5.74) is 1.71. The van der Waals surface area contributed by atoms with Crippen LogP contribution in [-0.2, 0) is 20.2 Å². The first-order valence-corrected chi connectivity index (χ1v) is 11.1. The van der Waals surface area contributed by atoms with Gasteiger partial charge in [-0.2, -0.15) is 5.26 Å². The summed E-state index contributed by atoms with van der Waals surface area (Å²) in [7, 11) is -3.31. The molecular formula is C22H25NO4S. The van der Waals surface area contributed by atoms with E-state index in [2.05, 4.69) is 6.07 Å². The van der Waals surface area contributed by atoms with E-state index in [1.54, 1.807) is 19.9 Å². The van der Waals surface area contributed by atoms with E-state index in [-0.39, 0.29) is 12.4 Å². The predicted molar refractivity (Wildman–Crippen MR) is 108 cm³/mol. The summed E-state index contributed by atoms with van der Waals surface area (Å²) in [5, 5.41) is 20.2. The fraction of sp³-hybridized carbons (Fsp3) is 0.409. The summed E-state index contributed by atoms with van der Waals surface area (Å²) < 4.78 is 30.3. The van der Waals surface area contributed by atoms with E-state index in [0.29, 0.717) is 24.2 Å². The average Bonchev–Trinajstić information content (AvgIpc) is 2.69. The molecule has 5 nitrogen and oxygen atoms in total. The molecule has 2 atom stereocenters. The highest BCUT2D eigenvalue weighted by molar-refractivity contribution is 7.91. The van der Waals surface area contributed by atoms with E-state index in [9.17, 15) is 18.8 Å². The Morgan fingerprint density at radius 2 is 1.89 bits per heavy atom. The molecule has 3 rings (SSSR count). The maximum Gasteiger partial charge on any atom is 0.153 e. The number of nitriles is 1. The highest BCUT2D eigenvalue weighted by Gasteiger charge is 2.43. The van der Waals surface area contributed by atoms with Gasteiger partial charge in [-0.25, -0.2) is 8.42 Å². The van der Waals surface area contributed by atoms with Gasteiger partial charge >= 0.3 is 0 Å². The first kappa shape index (κ1) is 20.5. The maximum atomic E-state index is 12.4. The summed E-state index contributed by atoms with van der Waals surface area (Å²) in [6.45, 7) is 3.90. The molecule has 0 saturated carbocycles. The summed E-state index contributed by atoms with van der Waals surface area (Å²) >= 11 is 0. The molecule has 1 aliphatic heterocycles. The molecule has 6 heteroatoms. The molecule has 0 spiro atoms. The van der Waals surface area contributed by atoms with Gasteiger partial charge in [0.25, 0.3) is 0 Å². The third-order valence-electron chi connectivity index (χ3n) is 5.52. The van der Waals surface area contributed by atoms with E-state index in [4.69, 9.17) is 4.74 Å². The zero-order valence-electron chi connectivity index (χ0n) is 16.1. The van der Waals surface area contributed by atoms with Gasteiger partial charge in [-0.15, -0.1) is 0 Å². The zero-order valence-corrected chi connectivity index (χ0v) is 16.9. The van der Waals surface area contributed by atoms with Gasteiger partial charge in [-0.1, -0.05) is 42.5 Å². The van der Waals surface area contributed by atoms with Crippen LogP contribution >= 0.6 is 0 Å². The minimum absolute atomic E-state index is 0.111. The molecule has 2 aromatic rings. The minimum atomic E-state index is -3.31. The smallest absolute Gasteiger partial charge is 0.153 e. The Morgan fingerprint density at radius 1 is 1.21 bits per heavy atom. The van der Waals surface area contributed by atoms with Crippen molar-refractivity contribution in [1.82, 2.24) is 0 Å². The molecule has 0 aliphatic carbocycles. The number of rotatable bonds is 5. The third kappa shape index (κ3) is 3.97.